The van der Waals surface area contributed by atoms with Crippen LogP contribution in [0.5, 0.6) is 5.75 Å². The fraction of sp³-hybridized carbons (Fsp3) is 0.267. The zero-order valence-electron chi connectivity index (χ0n) is 13.8. The predicted molar refractivity (Wildman–Crippen MR) is 96.0 cm³/mol. The summed E-state index contributed by atoms with van der Waals surface area (Å²) >= 11 is 9.23. The number of benzene rings is 1. The molecule has 0 aliphatic heterocycles. The van der Waals surface area contributed by atoms with Crippen molar-refractivity contribution in [2.24, 2.45) is 0 Å². The van der Waals surface area contributed by atoms with Crippen LogP contribution in [0.15, 0.2) is 25.9 Å². The van der Waals surface area contributed by atoms with Crippen molar-refractivity contribution in [1.82, 2.24) is 0 Å². The molecule has 2 aromatic rings. The SMILES string of the molecule is COC(=O)c1c(C)oc(C)c1S(=O)(=O)Nc1cc(Cl)cc(Br)c1OC. The van der Waals surface area contributed by atoms with Gasteiger partial charge in [0.2, 0.25) is 0 Å². The average molecular weight is 453 g/mol. The molecule has 1 aromatic carbocycles. The minimum Gasteiger partial charge on any atom is -0.493 e. The van der Waals surface area contributed by atoms with E-state index < -0.39 is 16.0 Å². The molecule has 0 fully saturated rings. The van der Waals surface area contributed by atoms with Crippen LogP contribution in [0.25, 0.3) is 0 Å². The van der Waals surface area contributed by atoms with Crippen molar-refractivity contribution < 1.29 is 27.1 Å². The van der Waals surface area contributed by atoms with Gasteiger partial charge >= 0.3 is 5.97 Å². The Morgan fingerprint density at radius 1 is 1.24 bits per heavy atom. The topological polar surface area (TPSA) is 94.8 Å². The number of furan rings is 1. The van der Waals surface area contributed by atoms with E-state index in [0.717, 1.165) is 7.11 Å². The van der Waals surface area contributed by atoms with Gasteiger partial charge in [0.25, 0.3) is 10.0 Å². The quantitative estimate of drug-likeness (QED) is 0.691. The highest BCUT2D eigenvalue weighted by Crippen LogP contribution is 2.38. The number of halogens is 2. The molecule has 0 amide bonds. The summed E-state index contributed by atoms with van der Waals surface area (Å²) in [6.45, 7) is 2.92. The molecule has 0 aliphatic rings. The monoisotopic (exact) mass is 451 g/mol. The largest absolute Gasteiger partial charge is 0.493 e. The number of carbonyl (C=O) groups excluding carboxylic acids is 1. The van der Waals surface area contributed by atoms with Crippen LogP contribution in [0.1, 0.15) is 21.9 Å². The lowest BCUT2D eigenvalue weighted by Crippen LogP contribution is -2.18. The molecular weight excluding hydrogens is 438 g/mol. The molecule has 0 saturated heterocycles. The van der Waals surface area contributed by atoms with E-state index in [2.05, 4.69) is 25.4 Å². The molecule has 10 heteroatoms. The molecular formula is C15H15BrClNO6S. The molecule has 0 bridgehead atoms. The van der Waals surface area contributed by atoms with Gasteiger partial charge in [0.05, 0.1) is 24.4 Å². The first-order valence-corrected chi connectivity index (χ1v) is 9.52. The summed E-state index contributed by atoms with van der Waals surface area (Å²) in [6, 6.07) is 2.95. The number of carbonyl (C=O) groups is 1. The van der Waals surface area contributed by atoms with E-state index in [1.54, 1.807) is 6.07 Å². The van der Waals surface area contributed by atoms with E-state index in [1.807, 2.05) is 0 Å². The number of aryl methyl sites for hydroxylation is 2. The van der Waals surface area contributed by atoms with Crippen LogP contribution in [-0.4, -0.2) is 28.6 Å². The van der Waals surface area contributed by atoms with Crippen LogP contribution in [0.4, 0.5) is 5.69 Å². The summed E-state index contributed by atoms with van der Waals surface area (Å²) in [7, 11) is -1.63. The Morgan fingerprint density at radius 3 is 2.44 bits per heavy atom. The Kier molecular flexibility index (Phi) is 5.70. The normalized spacial score (nSPS) is 11.3. The second-order valence-electron chi connectivity index (χ2n) is 4.98. The summed E-state index contributed by atoms with van der Waals surface area (Å²) in [5.41, 5.74) is -0.0523. The number of sulfonamides is 1. The van der Waals surface area contributed by atoms with E-state index in [9.17, 15) is 13.2 Å². The van der Waals surface area contributed by atoms with E-state index in [0.29, 0.717) is 9.50 Å². The van der Waals surface area contributed by atoms with Crippen molar-refractivity contribution in [3.8, 4) is 5.75 Å². The summed E-state index contributed by atoms with van der Waals surface area (Å²) in [5.74, 6) is -0.367. The standard InChI is InChI=1S/C15H15BrClNO6S/c1-7-12(15(19)23-4)14(8(2)24-7)25(20,21)18-11-6-9(17)5-10(16)13(11)22-3/h5-6,18H,1-4H3. The van der Waals surface area contributed by atoms with E-state index in [-0.39, 0.29) is 33.4 Å². The smallest absolute Gasteiger partial charge is 0.342 e. The molecule has 1 N–H and O–H groups in total. The fourth-order valence-corrected chi connectivity index (χ4v) is 4.80. The Hall–Kier alpha value is -1.71. The summed E-state index contributed by atoms with van der Waals surface area (Å²) in [4.78, 5) is 11.7. The highest BCUT2D eigenvalue weighted by molar-refractivity contribution is 9.10. The molecule has 0 unspecified atom stereocenters. The molecule has 2 rings (SSSR count). The fourth-order valence-electron chi connectivity index (χ4n) is 2.36. The molecule has 25 heavy (non-hydrogen) atoms. The van der Waals surface area contributed by atoms with Crippen molar-refractivity contribution in [3.05, 3.63) is 38.7 Å². The minimum atomic E-state index is -4.18. The van der Waals surface area contributed by atoms with Crippen LogP contribution in [-0.2, 0) is 14.8 Å². The third kappa shape index (κ3) is 3.78. The van der Waals surface area contributed by atoms with Gasteiger partial charge in [0, 0.05) is 5.02 Å². The number of ether oxygens (including phenoxy) is 2. The Labute approximate surface area is 158 Å². The number of hydrogen-bond donors (Lipinski definition) is 1. The number of anilines is 1. The second kappa shape index (κ2) is 7.27. The van der Waals surface area contributed by atoms with Crippen molar-refractivity contribution >= 4 is 49.2 Å². The lowest BCUT2D eigenvalue weighted by Gasteiger charge is -2.14. The maximum absolute atomic E-state index is 12.9. The molecule has 0 spiro atoms. The molecule has 0 atom stereocenters. The van der Waals surface area contributed by atoms with Crippen molar-refractivity contribution in [2.45, 2.75) is 18.7 Å². The Morgan fingerprint density at radius 2 is 1.88 bits per heavy atom. The summed E-state index contributed by atoms with van der Waals surface area (Å²) in [6.07, 6.45) is 0. The second-order valence-corrected chi connectivity index (χ2v) is 7.89. The molecule has 0 saturated carbocycles. The van der Waals surface area contributed by atoms with Gasteiger partial charge < -0.3 is 13.9 Å². The highest BCUT2D eigenvalue weighted by atomic mass is 79.9. The predicted octanol–water partition coefficient (Wildman–Crippen LogP) is 3.91. The molecule has 0 radical (unpaired) electrons. The lowest BCUT2D eigenvalue weighted by molar-refractivity contribution is 0.0595. The molecule has 136 valence electrons. The minimum absolute atomic E-state index is 0.0606. The Balaban J connectivity index is 2.61. The molecule has 7 nitrogen and oxygen atoms in total. The summed E-state index contributed by atoms with van der Waals surface area (Å²) < 4.78 is 43.8. The first-order valence-electron chi connectivity index (χ1n) is 6.86. The van der Waals surface area contributed by atoms with Crippen LogP contribution >= 0.6 is 27.5 Å². The van der Waals surface area contributed by atoms with Gasteiger partial charge in [0.15, 0.2) is 5.75 Å². The van der Waals surface area contributed by atoms with Gasteiger partial charge in [-0.1, -0.05) is 11.6 Å². The number of rotatable bonds is 5. The molecule has 1 heterocycles. The van der Waals surface area contributed by atoms with Crippen molar-refractivity contribution in [2.75, 3.05) is 18.9 Å². The maximum Gasteiger partial charge on any atom is 0.342 e. The van der Waals surface area contributed by atoms with E-state index >= 15 is 0 Å². The van der Waals surface area contributed by atoms with E-state index in [1.165, 1.54) is 27.0 Å². The third-order valence-corrected chi connectivity index (χ3v) is 5.65. The maximum atomic E-state index is 12.9. The third-order valence-electron chi connectivity index (χ3n) is 3.32. The van der Waals surface area contributed by atoms with Gasteiger partial charge in [-0.15, -0.1) is 0 Å². The highest BCUT2D eigenvalue weighted by Gasteiger charge is 2.32. The van der Waals surface area contributed by atoms with Gasteiger partial charge in [-0.05, 0) is 41.9 Å². The first-order chi connectivity index (χ1) is 11.6. The van der Waals surface area contributed by atoms with Gasteiger partial charge in [-0.2, -0.15) is 0 Å². The van der Waals surface area contributed by atoms with Crippen LogP contribution in [0, 0.1) is 13.8 Å². The van der Waals surface area contributed by atoms with Crippen molar-refractivity contribution in [1.29, 1.82) is 0 Å². The zero-order valence-corrected chi connectivity index (χ0v) is 16.9. The lowest BCUT2D eigenvalue weighted by atomic mass is 10.2. The van der Waals surface area contributed by atoms with Crippen LogP contribution in [0.2, 0.25) is 5.02 Å². The summed E-state index contributed by atoms with van der Waals surface area (Å²) in [5, 5.41) is 0.290. The number of esters is 1. The molecule has 0 aliphatic carbocycles. The Bertz CT molecular complexity index is 938. The van der Waals surface area contributed by atoms with E-state index in [4.69, 9.17) is 20.8 Å². The van der Waals surface area contributed by atoms with Crippen molar-refractivity contribution in [3.63, 3.8) is 0 Å². The van der Waals surface area contributed by atoms with Gasteiger partial charge in [-0.3, -0.25) is 4.72 Å². The van der Waals surface area contributed by atoms with Crippen LogP contribution in [0.3, 0.4) is 0 Å². The molecule has 1 aromatic heterocycles. The van der Waals surface area contributed by atoms with Gasteiger partial charge in [-0.25, -0.2) is 13.2 Å². The first kappa shape index (κ1) is 19.6. The van der Waals surface area contributed by atoms with Crippen LogP contribution < -0.4 is 9.46 Å². The average Bonchev–Trinajstić information content (AvgIpc) is 2.80. The number of nitrogens with one attached hydrogen (secondary N) is 1. The number of hydrogen-bond acceptors (Lipinski definition) is 6. The van der Waals surface area contributed by atoms with Gasteiger partial charge in [0.1, 0.15) is 22.0 Å². The number of methoxy groups -OCH3 is 2. The zero-order chi connectivity index (χ0) is 18.9.